The molecule has 2 aliphatic heterocycles. The summed E-state index contributed by atoms with van der Waals surface area (Å²) < 4.78 is 11.4. The van der Waals surface area contributed by atoms with Crippen molar-refractivity contribution in [2.75, 3.05) is 46.9 Å². The second-order valence-corrected chi connectivity index (χ2v) is 11.7. The molecule has 4 rings (SSSR count). The van der Waals surface area contributed by atoms with Crippen molar-refractivity contribution in [1.82, 2.24) is 21.3 Å². The summed E-state index contributed by atoms with van der Waals surface area (Å²) in [6, 6.07) is 0.127. The Morgan fingerprint density at radius 3 is 2.51 bits per heavy atom. The molecule has 8 atom stereocenters. The van der Waals surface area contributed by atoms with Gasteiger partial charge in [0, 0.05) is 39.3 Å². The van der Waals surface area contributed by atoms with Gasteiger partial charge in [0.25, 0.3) is 0 Å². The third-order valence-electron chi connectivity index (χ3n) is 9.34. The number of hydrogen-bond donors (Lipinski definition) is 4. The van der Waals surface area contributed by atoms with E-state index >= 15 is 0 Å². The number of guanidine groups is 1. The summed E-state index contributed by atoms with van der Waals surface area (Å²) in [6.07, 6.45) is 7.73. The lowest BCUT2D eigenvalue weighted by Crippen LogP contribution is -2.49. The maximum atomic E-state index is 13.6. The van der Waals surface area contributed by atoms with Crippen LogP contribution in [0.25, 0.3) is 0 Å². The van der Waals surface area contributed by atoms with Gasteiger partial charge in [-0.25, -0.2) is 0 Å². The molecule has 0 aromatic heterocycles. The molecule has 0 aromatic rings. The molecule has 8 heteroatoms. The Kier molecular flexibility index (Phi) is 9.70. The maximum Gasteiger partial charge on any atom is 0.223 e. The van der Waals surface area contributed by atoms with E-state index in [4.69, 9.17) is 9.47 Å². The quantitative estimate of drug-likeness (QED) is 0.416. The fourth-order valence-corrected chi connectivity index (χ4v) is 7.13. The van der Waals surface area contributed by atoms with Crippen LogP contribution in [0.3, 0.4) is 0 Å². The Bertz CT molecular complexity index is 707. The van der Waals surface area contributed by atoms with Crippen LogP contribution in [0, 0.1) is 35.5 Å². The standard InChI is InChI=1S/C27H49N5O3/c1-17-5-6-28-16-25(17)21-9-19(15-31-27-29-7-8-30-27)10-22(11-21)26(33)32-18(2)20-12-23(34-3)14-24(13-20)35-4/h17-25,28H,5-16H2,1-4H3,(H,32,33)(H2,29,30,31). The number of methoxy groups -OCH3 is 2. The van der Waals surface area contributed by atoms with Gasteiger partial charge in [-0.3, -0.25) is 9.79 Å². The van der Waals surface area contributed by atoms with Crippen molar-refractivity contribution in [2.45, 2.75) is 77.0 Å². The number of nitrogens with zero attached hydrogens (tertiary/aromatic N) is 1. The number of piperidine rings is 1. The van der Waals surface area contributed by atoms with Crippen LogP contribution >= 0.6 is 0 Å². The zero-order chi connectivity index (χ0) is 24.8. The number of carbonyl (C=O) groups is 1. The number of rotatable bonds is 8. The van der Waals surface area contributed by atoms with Gasteiger partial charge < -0.3 is 30.7 Å². The van der Waals surface area contributed by atoms with Crippen molar-refractivity contribution in [3.63, 3.8) is 0 Å². The molecule has 1 amide bonds. The molecular weight excluding hydrogens is 442 g/mol. The van der Waals surface area contributed by atoms with Crippen LogP contribution in [0.1, 0.15) is 58.8 Å². The molecule has 200 valence electrons. The van der Waals surface area contributed by atoms with Crippen molar-refractivity contribution in [1.29, 1.82) is 0 Å². The van der Waals surface area contributed by atoms with Crippen LogP contribution in [-0.2, 0) is 14.3 Å². The van der Waals surface area contributed by atoms with Gasteiger partial charge in [-0.15, -0.1) is 0 Å². The fraction of sp³-hybridized carbons (Fsp3) is 0.926. The van der Waals surface area contributed by atoms with Crippen LogP contribution in [0.5, 0.6) is 0 Å². The summed E-state index contributed by atoms with van der Waals surface area (Å²) in [6.45, 7) is 9.44. The largest absolute Gasteiger partial charge is 0.381 e. The highest BCUT2D eigenvalue weighted by Crippen LogP contribution is 2.41. The molecule has 0 radical (unpaired) electrons. The molecule has 35 heavy (non-hydrogen) atoms. The van der Waals surface area contributed by atoms with Crippen LogP contribution in [-0.4, -0.2) is 77.1 Å². The third-order valence-corrected chi connectivity index (χ3v) is 9.34. The molecule has 1 saturated heterocycles. The molecule has 4 N–H and O–H groups in total. The summed E-state index contributed by atoms with van der Waals surface area (Å²) >= 11 is 0. The molecule has 8 nitrogen and oxygen atoms in total. The lowest BCUT2D eigenvalue weighted by molar-refractivity contribution is -0.129. The maximum absolute atomic E-state index is 13.6. The SMILES string of the molecule is COC1CC(OC)CC(C(C)NC(=O)C2CC(CNC3=NCCN3)CC(C3CNCCC3C)C2)C1. The van der Waals surface area contributed by atoms with Gasteiger partial charge in [0.2, 0.25) is 5.91 Å². The average molecular weight is 492 g/mol. The third kappa shape index (κ3) is 7.10. The van der Waals surface area contributed by atoms with E-state index < -0.39 is 0 Å². The normalized spacial score (nSPS) is 38.8. The minimum atomic E-state index is 0.0793. The number of nitrogens with one attached hydrogen (secondary N) is 4. The van der Waals surface area contributed by atoms with Crippen molar-refractivity contribution < 1.29 is 14.3 Å². The van der Waals surface area contributed by atoms with Crippen molar-refractivity contribution in [3.05, 3.63) is 0 Å². The van der Waals surface area contributed by atoms with Gasteiger partial charge in [-0.2, -0.15) is 0 Å². The predicted molar refractivity (Wildman–Crippen MR) is 139 cm³/mol. The smallest absolute Gasteiger partial charge is 0.223 e. The van der Waals surface area contributed by atoms with E-state index in [-0.39, 0.29) is 30.1 Å². The first-order chi connectivity index (χ1) is 17.0. The Morgan fingerprint density at radius 2 is 1.86 bits per heavy atom. The zero-order valence-electron chi connectivity index (χ0n) is 22.4. The summed E-state index contributed by atoms with van der Waals surface area (Å²) in [5, 5.41) is 13.9. The van der Waals surface area contributed by atoms with Crippen LogP contribution in [0.2, 0.25) is 0 Å². The minimum absolute atomic E-state index is 0.0793. The Labute approximate surface area is 212 Å². The summed E-state index contributed by atoms with van der Waals surface area (Å²) in [4.78, 5) is 18.1. The number of hydrogen-bond acceptors (Lipinski definition) is 7. The molecule has 4 aliphatic rings. The van der Waals surface area contributed by atoms with E-state index in [2.05, 4.69) is 40.1 Å². The highest BCUT2D eigenvalue weighted by molar-refractivity contribution is 5.81. The molecule has 2 aliphatic carbocycles. The van der Waals surface area contributed by atoms with Gasteiger partial charge in [0.05, 0.1) is 18.8 Å². The van der Waals surface area contributed by atoms with Crippen LogP contribution < -0.4 is 21.3 Å². The summed E-state index contributed by atoms with van der Waals surface area (Å²) in [7, 11) is 3.57. The molecule has 0 spiro atoms. The average Bonchev–Trinajstić information content (AvgIpc) is 3.41. The second-order valence-electron chi connectivity index (χ2n) is 11.7. The number of carbonyl (C=O) groups excluding carboxylic acids is 1. The Hall–Kier alpha value is -1.38. The van der Waals surface area contributed by atoms with E-state index in [0.29, 0.717) is 23.7 Å². The minimum Gasteiger partial charge on any atom is -0.381 e. The number of amides is 1. The van der Waals surface area contributed by atoms with Gasteiger partial charge in [-0.05, 0) is 94.5 Å². The van der Waals surface area contributed by atoms with E-state index in [0.717, 1.165) is 76.7 Å². The topological polar surface area (TPSA) is 96.0 Å². The Balaban J connectivity index is 1.38. The van der Waals surface area contributed by atoms with Crippen molar-refractivity contribution in [2.24, 2.45) is 40.5 Å². The van der Waals surface area contributed by atoms with E-state index in [1.165, 1.54) is 12.8 Å². The zero-order valence-corrected chi connectivity index (χ0v) is 22.4. The summed E-state index contributed by atoms with van der Waals surface area (Å²) in [5.74, 6) is 4.09. The first-order valence-electron chi connectivity index (χ1n) is 14.1. The van der Waals surface area contributed by atoms with Crippen LogP contribution in [0.4, 0.5) is 0 Å². The van der Waals surface area contributed by atoms with Gasteiger partial charge in [0.15, 0.2) is 5.96 Å². The molecule has 2 saturated carbocycles. The summed E-state index contributed by atoms with van der Waals surface area (Å²) in [5.41, 5.74) is 0. The number of ether oxygens (including phenoxy) is 2. The lowest BCUT2D eigenvalue weighted by Gasteiger charge is -2.43. The molecule has 0 aromatic carbocycles. The molecule has 3 fully saturated rings. The first kappa shape index (κ1) is 26.7. The highest BCUT2D eigenvalue weighted by Gasteiger charge is 2.40. The van der Waals surface area contributed by atoms with E-state index in [1.807, 2.05) is 0 Å². The van der Waals surface area contributed by atoms with Gasteiger partial charge in [0.1, 0.15) is 0 Å². The molecule has 0 bridgehead atoms. The fourth-order valence-electron chi connectivity index (χ4n) is 7.13. The predicted octanol–water partition coefficient (Wildman–Crippen LogP) is 2.15. The van der Waals surface area contributed by atoms with Crippen LogP contribution in [0.15, 0.2) is 4.99 Å². The van der Waals surface area contributed by atoms with Gasteiger partial charge >= 0.3 is 0 Å². The molecular formula is C27H49N5O3. The lowest BCUT2D eigenvalue weighted by atomic mass is 9.66. The molecule has 8 unspecified atom stereocenters. The van der Waals surface area contributed by atoms with Crippen molar-refractivity contribution in [3.8, 4) is 0 Å². The van der Waals surface area contributed by atoms with Gasteiger partial charge in [-0.1, -0.05) is 6.92 Å². The highest BCUT2D eigenvalue weighted by atomic mass is 16.5. The monoisotopic (exact) mass is 491 g/mol. The van der Waals surface area contributed by atoms with Crippen molar-refractivity contribution >= 4 is 11.9 Å². The number of aliphatic imine (C=N–C) groups is 1. The van der Waals surface area contributed by atoms with E-state index in [9.17, 15) is 4.79 Å². The molecule has 2 heterocycles. The Morgan fingerprint density at radius 1 is 1.09 bits per heavy atom. The first-order valence-corrected chi connectivity index (χ1v) is 14.1. The van der Waals surface area contributed by atoms with E-state index in [1.54, 1.807) is 14.2 Å². The second kappa shape index (κ2) is 12.7.